The van der Waals surface area contributed by atoms with Gasteiger partial charge in [-0.1, -0.05) is 89.3 Å². The average molecular weight is 545 g/mol. The first kappa shape index (κ1) is 25.2. The maximum atomic E-state index is 13.5. The van der Waals surface area contributed by atoms with E-state index in [2.05, 4.69) is 15.5 Å². The third-order valence-corrected chi connectivity index (χ3v) is 9.21. The Bertz CT molecular complexity index is 1410. The fraction of sp³-hybridized carbons (Fsp3) is 0.125. The Labute approximate surface area is 217 Å². The maximum absolute atomic E-state index is 13.5. The molecule has 0 radical (unpaired) electrons. The lowest BCUT2D eigenvalue weighted by Crippen LogP contribution is -2.38. The summed E-state index contributed by atoms with van der Waals surface area (Å²) in [4.78, 5) is 13.0. The van der Waals surface area contributed by atoms with Crippen LogP contribution >= 0.6 is 34.7 Å². The largest absolute Gasteiger partial charge is 0.299 e. The van der Waals surface area contributed by atoms with E-state index in [-0.39, 0.29) is 4.90 Å². The second-order valence-electron chi connectivity index (χ2n) is 7.40. The Balaban J connectivity index is 1.52. The molecule has 1 amide bonds. The van der Waals surface area contributed by atoms with Gasteiger partial charge >= 0.3 is 0 Å². The summed E-state index contributed by atoms with van der Waals surface area (Å²) >= 11 is 9.00. The molecule has 35 heavy (non-hydrogen) atoms. The van der Waals surface area contributed by atoms with Gasteiger partial charge in [0, 0.05) is 10.8 Å². The smallest absolute Gasteiger partial charge is 0.264 e. The van der Waals surface area contributed by atoms with Gasteiger partial charge in [0.15, 0.2) is 4.34 Å². The standard InChI is InChI=1S/C24H21ClN4O3S3/c1-17-20(25)13-8-14-21(17)29(35(31,32)19-11-6-3-7-12-19)15-22(30)26-23-27-28-24(34-23)33-16-18-9-4-2-5-10-18/h2-14H,15-16H2,1H3,(H,26,27,30). The molecule has 1 N–H and O–H groups in total. The van der Waals surface area contributed by atoms with E-state index in [1.807, 2.05) is 30.3 Å². The van der Waals surface area contributed by atoms with Gasteiger partial charge in [-0.05, 0) is 42.3 Å². The molecule has 0 bridgehead atoms. The van der Waals surface area contributed by atoms with Crippen molar-refractivity contribution in [3.8, 4) is 0 Å². The number of thioether (sulfide) groups is 1. The van der Waals surface area contributed by atoms with Crippen molar-refractivity contribution in [3.63, 3.8) is 0 Å². The fourth-order valence-corrected chi connectivity index (χ4v) is 6.61. The Hall–Kier alpha value is -2.92. The Kier molecular flexibility index (Phi) is 8.07. The zero-order valence-electron chi connectivity index (χ0n) is 18.6. The highest BCUT2D eigenvalue weighted by Gasteiger charge is 2.29. The molecular weight excluding hydrogens is 524 g/mol. The predicted molar refractivity (Wildman–Crippen MR) is 142 cm³/mol. The fourth-order valence-electron chi connectivity index (χ4n) is 3.21. The van der Waals surface area contributed by atoms with Crippen LogP contribution in [0, 0.1) is 6.92 Å². The molecule has 0 saturated carbocycles. The van der Waals surface area contributed by atoms with Gasteiger partial charge in [0.05, 0.1) is 10.6 Å². The molecule has 1 aromatic heterocycles. The Morgan fingerprint density at radius 1 is 1.00 bits per heavy atom. The molecule has 0 atom stereocenters. The van der Waals surface area contributed by atoms with E-state index < -0.39 is 22.5 Å². The molecule has 180 valence electrons. The molecule has 0 aliphatic rings. The van der Waals surface area contributed by atoms with Crippen molar-refractivity contribution < 1.29 is 13.2 Å². The van der Waals surface area contributed by atoms with Crippen LogP contribution in [-0.4, -0.2) is 31.1 Å². The average Bonchev–Trinajstić information content (AvgIpc) is 3.31. The van der Waals surface area contributed by atoms with Crippen LogP contribution in [0.3, 0.4) is 0 Å². The SMILES string of the molecule is Cc1c(Cl)cccc1N(CC(=O)Nc1nnc(SCc2ccccc2)s1)S(=O)(=O)c1ccccc1. The maximum Gasteiger partial charge on any atom is 0.264 e. The third kappa shape index (κ3) is 6.21. The van der Waals surface area contributed by atoms with Crippen LogP contribution in [0.15, 0.2) is 88.1 Å². The molecule has 4 rings (SSSR count). The monoisotopic (exact) mass is 544 g/mol. The number of hydrogen-bond acceptors (Lipinski definition) is 7. The topological polar surface area (TPSA) is 92.3 Å². The van der Waals surface area contributed by atoms with Gasteiger partial charge in [-0.2, -0.15) is 0 Å². The predicted octanol–water partition coefficient (Wildman–Crippen LogP) is 5.63. The number of rotatable bonds is 9. The summed E-state index contributed by atoms with van der Waals surface area (Å²) in [6, 6.07) is 22.9. The number of hydrogen-bond donors (Lipinski definition) is 1. The van der Waals surface area contributed by atoms with Gasteiger partial charge in [-0.15, -0.1) is 10.2 Å². The summed E-state index contributed by atoms with van der Waals surface area (Å²) in [5.41, 5.74) is 2.03. The highest BCUT2D eigenvalue weighted by atomic mass is 35.5. The van der Waals surface area contributed by atoms with Gasteiger partial charge in [0.1, 0.15) is 6.54 Å². The lowest BCUT2D eigenvalue weighted by atomic mass is 10.2. The highest BCUT2D eigenvalue weighted by Crippen LogP contribution is 2.31. The molecular formula is C24H21ClN4O3S3. The van der Waals surface area contributed by atoms with Gasteiger partial charge < -0.3 is 0 Å². The summed E-state index contributed by atoms with van der Waals surface area (Å²) in [7, 11) is -4.04. The van der Waals surface area contributed by atoms with Crippen molar-refractivity contribution in [2.75, 3.05) is 16.2 Å². The number of nitrogens with zero attached hydrogens (tertiary/aromatic N) is 3. The number of amides is 1. The summed E-state index contributed by atoms with van der Waals surface area (Å²) in [5, 5.41) is 11.5. The number of carbonyl (C=O) groups excluding carboxylic acids is 1. The van der Waals surface area contributed by atoms with Crippen molar-refractivity contribution in [2.45, 2.75) is 21.9 Å². The second-order valence-corrected chi connectivity index (χ2v) is 11.9. The van der Waals surface area contributed by atoms with Crippen LogP contribution in [0.1, 0.15) is 11.1 Å². The second kappa shape index (κ2) is 11.2. The third-order valence-electron chi connectivity index (χ3n) is 4.98. The molecule has 0 fully saturated rings. The molecule has 11 heteroatoms. The molecule has 0 saturated heterocycles. The van der Waals surface area contributed by atoms with E-state index >= 15 is 0 Å². The summed E-state index contributed by atoms with van der Waals surface area (Å²) in [5.74, 6) is 0.181. The molecule has 1 heterocycles. The van der Waals surface area contributed by atoms with Crippen molar-refractivity contribution >= 4 is 61.4 Å². The zero-order chi connectivity index (χ0) is 24.8. The van der Waals surface area contributed by atoms with Gasteiger partial charge in [0.2, 0.25) is 11.0 Å². The summed E-state index contributed by atoms with van der Waals surface area (Å²) in [6.45, 7) is 1.26. The van der Waals surface area contributed by atoms with Crippen LogP contribution in [0.25, 0.3) is 0 Å². The van der Waals surface area contributed by atoms with E-state index in [4.69, 9.17) is 11.6 Å². The zero-order valence-corrected chi connectivity index (χ0v) is 21.8. The van der Waals surface area contributed by atoms with Crippen LogP contribution < -0.4 is 9.62 Å². The molecule has 7 nitrogen and oxygen atoms in total. The number of halogens is 1. The van der Waals surface area contributed by atoms with Crippen LogP contribution in [0.2, 0.25) is 5.02 Å². The van der Waals surface area contributed by atoms with Crippen LogP contribution in [0.5, 0.6) is 0 Å². The van der Waals surface area contributed by atoms with Crippen LogP contribution in [0.4, 0.5) is 10.8 Å². The number of aromatic nitrogens is 2. The quantitative estimate of drug-likeness (QED) is 0.217. The minimum Gasteiger partial charge on any atom is -0.299 e. The molecule has 0 aliphatic carbocycles. The van der Waals surface area contributed by atoms with Gasteiger partial charge in [-0.3, -0.25) is 14.4 Å². The highest BCUT2D eigenvalue weighted by molar-refractivity contribution is 8.00. The number of carbonyl (C=O) groups is 1. The van der Waals surface area contributed by atoms with Crippen molar-refractivity contribution in [3.05, 3.63) is 95.0 Å². The van der Waals surface area contributed by atoms with Gasteiger partial charge in [0.25, 0.3) is 10.0 Å². The van der Waals surface area contributed by atoms with E-state index in [9.17, 15) is 13.2 Å². The number of nitrogens with one attached hydrogen (secondary N) is 1. The summed E-state index contributed by atoms with van der Waals surface area (Å²) in [6.07, 6.45) is 0. The van der Waals surface area contributed by atoms with E-state index in [1.54, 1.807) is 43.3 Å². The lowest BCUT2D eigenvalue weighted by molar-refractivity contribution is -0.114. The summed E-state index contributed by atoms with van der Waals surface area (Å²) < 4.78 is 28.7. The number of anilines is 2. The Morgan fingerprint density at radius 3 is 2.40 bits per heavy atom. The molecule has 0 aliphatic heterocycles. The first-order valence-corrected chi connectivity index (χ1v) is 14.1. The molecule has 0 unspecified atom stereocenters. The van der Waals surface area contributed by atoms with Crippen LogP contribution in [-0.2, 0) is 20.6 Å². The minimum atomic E-state index is -4.04. The van der Waals surface area contributed by atoms with Crippen molar-refractivity contribution in [1.29, 1.82) is 0 Å². The minimum absolute atomic E-state index is 0.0719. The lowest BCUT2D eigenvalue weighted by Gasteiger charge is -2.25. The number of benzene rings is 3. The molecule has 4 aromatic rings. The van der Waals surface area contributed by atoms with Crippen molar-refractivity contribution in [2.24, 2.45) is 0 Å². The van der Waals surface area contributed by atoms with E-state index in [1.165, 1.54) is 35.2 Å². The molecule has 3 aromatic carbocycles. The first-order valence-electron chi connectivity index (χ1n) is 10.5. The number of sulfonamides is 1. The Morgan fingerprint density at radius 2 is 1.69 bits per heavy atom. The van der Waals surface area contributed by atoms with Gasteiger partial charge in [-0.25, -0.2) is 8.42 Å². The van der Waals surface area contributed by atoms with E-state index in [0.29, 0.717) is 25.7 Å². The van der Waals surface area contributed by atoms with E-state index in [0.717, 1.165) is 15.6 Å². The normalized spacial score (nSPS) is 11.3. The first-order chi connectivity index (χ1) is 16.8. The molecule has 0 spiro atoms. The van der Waals surface area contributed by atoms with Crippen molar-refractivity contribution in [1.82, 2.24) is 10.2 Å².